The quantitative estimate of drug-likeness (QED) is 0.0771. The molecule has 5 rings (SSSR count). The number of rotatable bonds is 10. The number of benzene rings is 4. The molecule has 0 nitrogen and oxygen atoms in total. The van der Waals surface area contributed by atoms with Gasteiger partial charge in [0, 0.05) is 21.7 Å². The molecule has 0 heterocycles. The Morgan fingerprint density at radius 2 is 0.778 bits per heavy atom. The van der Waals surface area contributed by atoms with Gasteiger partial charge in [-0.3, -0.25) is 0 Å². The molecule has 45 heavy (non-hydrogen) atoms. The van der Waals surface area contributed by atoms with E-state index in [1.54, 1.807) is 20.7 Å². The molecule has 0 amide bonds. The van der Waals surface area contributed by atoms with Crippen LogP contribution < -0.4 is 20.7 Å². The van der Waals surface area contributed by atoms with Gasteiger partial charge in [-0.1, -0.05) is 125 Å². The van der Waals surface area contributed by atoms with E-state index in [0.717, 1.165) is 38.5 Å². The van der Waals surface area contributed by atoms with Crippen molar-refractivity contribution in [2.75, 3.05) is 0 Å². The molecule has 0 saturated carbocycles. The first-order valence-electron chi connectivity index (χ1n) is 16.0. The van der Waals surface area contributed by atoms with Crippen LogP contribution in [0.25, 0.3) is 10.8 Å². The Labute approximate surface area is 307 Å². The van der Waals surface area contributed by atoms with Crippen molar-refractivity contribution < 1.29 is 21.7 Å². The third-order valence-electron chi connectivity index (χ3n) is 9.28. The van der Waals surface area contributed by atoms with Crippen molar-refractivity contribution in [1.29, 1.82) is 0 Å². The maximum atomic E-state index is 2.58. The summed E-state index contributed by atoms with van der Waals surface area (Å²) in [5.41, 5.74) is 10.1. The normalized spacial score (nSPS) is 10.8. The predicted octanol–water partition coefficient (Wildman–Crippen LogP) is 8.88. The van der Waals surface area contributed by atoms with Crippen LogP contribution in [0.5, 0.6) is 0 Å². The first kappa shape index (κ1) is 41.3. The van der Waals surface area contributed by atoms with Gasteiger partial charge in [0.1, 0.15) is 8.07 Å². The van der Waals surface area contributed by atoms with Gasteiger partial charge in [0.05, 0.1) is 0 Å². The zero-order valence-corrected chi connectivity index (χ0v) is 33.1. The van der Waals surface area contributed by atoms with E-state index in [-0.39, 0.29) is 58.9 Å². The van der Waals surface area contributed by atoms with Gasteiger partial charge in [0.15, 0.2) is 0 Å². The molecule has 0 aliphatic rings. The van der Waals surface area contributed by atoms with E-state index in [0.29, 0.717) is 0 Å². The Kier molecular flexibility index (Phi) is 16.5. The molecule has 0 bridgehead atoms. The summed E-state index contributed by atoms with van der Waals surface area (Å²) >= 11 is 0. The van der Waals surface area contributed by atoms with Crippen LogP contribution in [0.1, 0.15) is 80.5 Å². The fourth-order valence-electron chi connectivity index (χ4n) is 6.96. The SMILES string of the molecule is CCc1cc(CC)cc([Si](c2cc(CC)cc(CC)c2)(c2cc(CC)cc(CC)c2)[c-]2c(C)cc3ccccc32)c1.Cl.Cl.Cl.[Ti]. The second-order valence-corrected chi connectivity index (χ2v) is 15.5. The summed E-state index contributed by atoms with van der Waals surface area (Å²) in [5.74, 6) is 0. The molecule has 0 aromatic heterocycles. The summed E-state index contributed by atoms with van der Waals surface area (Å²) in [6, 6.07) is 34.4. The molecular formula is C40H50Cl3SiTi-. The van der Waals surface area contributed by atoms with Crippen molar-refractivity contribution in [3.63, 3.8) is 0 Å². The second-order valence-electron chi connectivity index (χ2n) is 11.8. The minimum absolute atomic E-state index is 0. The van der Waals surface area contributed by atoms with Gasteiger partial charge < -0.3 is 0 Å². The third kappa shape index (κ3) is 7.89. The number of fused-ring (bicyclic) bond motifs is 1. The van der Waals surface area contributed by atoms with Crippen LogP contribution in [-0.4, -0.2) is 8.07 Å². The Morgan fingerprint density at radius 1 is 0.467 bits per heavy atom. The molecule has 0 N–H and O–H groups in total. The van der Waals surface area contributed by atoms with Gasteiger partial charge in [-0.15, -0.1) is 76.9 Å². The molecule has 5 aromatic carbocycles. The van der Waals surface area contributed by atoms with Crippen molar-refractivity contribution in [2.24, 2.45) is 0 Å². The maximum Gasteiger partial charge on any atom is 0.135 e. The zero-order chi connectivity index (χ0) is 29.1. The topological polar surface area (TPSA) is 0 Å². The molecule has 0 unspecified atom stereocenters. The van der Waals surface area contributed by atoms with Crippen LogP contribution >= 0.6 is 37.2 Å². The van der Waals surface area contributed by atoms with Crippen LogP contribution in [0.4, 0.5) is 0 Å². The molecule has 0 fully saturated rings. The Hall–Kier alpha value is -1.71. The third-order valence-corrected chi connectivity index (χ3v) is 14.2. The van der Waals surface area contributed by atoms with Crippen LogP contribution in [0.15, 0.2) is 84.9 Å². The van der Waals surface area contributed by atoms with Crippen molar-refractivity contribution in [1.82, 2.24) is 0 Å². The molecule has 0 saturated heterocycles. The molecule has 0 spiro atoms. The summed E-state index contributed by atoms with van der Waals surface area (Å²) in [6.45, 7) is 16.2. The summed E-state index contributed by atoms with van der Waals surface area (Å²) in [5, 5.41) is 8.99. The number of hydrogen-bond donors (Lipinski definition) is 0. The van der Waals surface area contributed by atoms with Crippen LogP contribution in [0.2, 0.25) is 0 Å². The number of hydrogen-bond acceptors (Lipinski definition) is 0. The van der Waals surface area contributed by atoms with Gasteiger partial charge in [-0.2, -0.15) is 6.07 Å². The Bertz CT molecular complexity index is 1490. The van der Waals surface area contributed by atoms with Crippen LogP contribution in [0, 0.1) is 6.92 Å². The van der Waals surface area contributed by atoms with E-state index < -0.39 is 8.07 Å². The molecule has 5 heteroatoms. The molecule has 0 atom stereocenters. The largest absolute Gasteiger partial charge is 0.165 e. The summed E-state index contributed by atoms with van der Waals surface area (Å²) in [4.78, 5) is 0. The first-order chi connectivity index (χ1) is 19.9. The maximum absolute atomic E-state index is 2.74. The number of halogens is 3. The molecule has 5 aromatic rings. The van der Waals surface area contributed by atoms with E-state index in [9.17, 15) is 0 Å². The van der Waals surface area contributed by atoms with E-state index in [1.165, 1.54) is 49.7 Å². The molecule has 240 valence electrons. The average Bonchev–Trinajstić information content (AvgIpc) is 3.36. The Morgan fingerprint density at radius 3 is 1.09 bits per heavy atom. The standard InChI is InChI=1S/C40H47Si.3ClH.Ti/c1-8-29-19-30(9-2)23-36(22-29)41(37-24-31(10-3)20-32(11-4)25-37,38-26-33(12-5)21-34(13-6)27-38)40-28(7)18-35-16-14-15-17-39(35)40;;;;/h14-27H,8-13H2,1-7H3;3*1H;/q-1;;;;. The fourth-order valence-corrected chi connectivity index (χ4v) is 12.5. The minimum Gasteiger partial charge on any atom is -0.165 e. The van der Waals surface area contributed by atoms with Gasteiger partial charge in [-0.25, -0.2) is 0 Å². The summed E-state index contributed by atoms with van der Waals surface area (Å²) in [6.07, 6.45) is 6.31. The van der Waals surface area contributed by atoms with Crippen molar-refractivity contribution in [2.45, 2.75) is 87.0 Å². The summed E-state index contributed by atoms with van der Waals surface area (Å²) < 4.78 is 0. The van der Waals surface area contributed by atoms with E-state index in [2.05, 4.69) is 133 Å². The molecular weight excluding hydrogens is 663 g/mol. The zero-order valence-electron chi connectivity index (χ0n) is 28.1. The van der Waals surface area contributed by atoms with Crippen LogP contribution in [-0.2, 0) is 60.2 Å². The Balaban J connectivity index is 0.00000253. The second kappa shape index (κ2) is 18.0. The van der Waals surface area contributed by atoms with Gasteiger partial charge in [0.2, 0.25) is 0 Å². The smallest absolute Gasteiger partial charge is 0.135 e. The van der Waals surface area contributed by atoms with Crippen molar-refractivity contribution in [3.8, 4) is 0 Å². The predicted molar refractivity (Wildman–Crippen MR) is 206 cm³/mol. The first-order valence-corrected chi connectivity index (χ1v) is 18.0. The average molecular weight is 713 g/mol. The van der Waals surface area contributed by atoms with Gasteiger partial charge in [-0.05, 0) is 71.9 Å². The molecule has 0 radical (unpaired) electrons. The van der Waals surface area contributed by atoms with Crippen LogP contribution in [0.3, 0.4) is 0 Å². The van der Waals surface area contributed by atoms with Gasteiger partial charge >= 0.3 is 0 Å². The fraction of sp³-hybridized carbons (Fsp3) is 0.325. The summed E-state index contributed by atoms with van der Waals surface area (Å²) in [7, 11) is -2.74. The number of aryl methyl sites for hydroxylation is 7. The molecule has 0 aliphatic carbocycles. The van der Waals surface area contributed by atoms with Gasteiger partial charge in [0.25, 0.3) is 0 Å². The van der Waals surface area contributed by atoms with E-state index >= 15 is 0 Å². The van der Waals surface area contributed by atoms with E-state index in [4.69, 9.17) is 0 Å². The monoisotopic (exact) mass is 711 g/mol. The van der Waals surface area contributed by atoms with Crippen molar-refractivity contribution >= 4 is 76.8 Å². The minimum atomic E-state index is -2.74. The van der Waals surface area contributed by atoms with Crippen molar-refractivity contribution in [3.05, 3.63) is 124 Å². The van der Waals surface area contributed by atoms with E-state index in [1.807, 2.05) is 0 Å². The molecule has 0 aliphatic heterocycles.